The van der Waals surface area contributed by atoms with E-state index in [1.807, 2.05) is 0 Å². The number of benzene rings is 2. The van der Waals surface area contributed by atoms with E-state index >= 15 is 0 Å². The van der Waals surface area contributed by atoms with Crippen LogP contribution in [0, 0.1) is 13.8 Å². The van der Waals surface area contributed by atoms with Gasteiger partial charge < -0.3 is 0 Å². The molecule has 112 valence electrons. The molecule has 0 amide bonds. The van der Waals surface area contributed by atoms with Crippen molar-refractivity contribution in [2.24, 2.45) is 0 Å². The molecule has 1 heteroatoms. The van der Waals surface area contributed by atoms with Crippen molar-refractivity contribution in [1.82, 2.24) is 0 Å². The maximum atomic E-state index is 2.40. The Labute approximate surface area is 151 Å². The van der Waals surface area contributed by atoms with Crippen molar-refractivity contribution in [3.05, 3.63) is 81.9 Å². The second kappa shape index (κ2) is 6.56. The Morgan fingerprint density at radius 1 is 0.696 bits per heavy atom. The summed E-state index contributed by atoms with van der Waals surface area (Å²) in [7, 11) is 0. The number of hydrogen-bond donors (Lipinski definition) is 0. The van der Waals surface area contributed by atoms with Gasteiger partial charge in [0, 0.05) is 11.8 Å². The molecule has 0 saturated carbocycles. The van der Waals surface area contributed by atoms with Gasteiger partial charge in [0.15, 0.2) is 0 Å². The Bertz CT molecular complexity index is 715. The van der Waals surface area contributed by atoms with Crippen molar-refractivity contribution < 1.29 is 0 Å². The van der Waals surface area contributed by atoms with Crippen LogP contribution in [0.25, 0.3) is 12.2 Å². The monoisotopic (exact) mass is 294 g/mol. The van der Waals surface area contributed by atoms with E-state index in [1.165, 1.54) is 46.2 Å². The molecular weight excluding hydrogens is 271 g/mol. The van der Waals surface area contributed by atoms with Crippen LogP contribution in [0.3, 0.4) is 0 Å². The molecule has 0 heterocycles. The number of hydrogen-bond acceptors (Lipinski definition) is 0. The number of rotatable bonds is 3. The van der Waals surface area contributed by atoms with Crippen LogP contribution in [0.5, 0.6) is 0 Å². The van der Waals surface area contributed by atoms with Crippen molar-refractivity contribution >= 4 is 31.0 Å². The summed E-state index contributed by atoms with van der Waals surface area (Å²) in [6.45, 7) is 4.43. The summed E-state index contributed by atoms with van der Waals surface area (Å²) in [6.07, 6.45) is 11.9. The van der Waals surface area contributed by atoms with Gasteiger partial charge in [-0.2, -0.15) is 0 Å². The molecule has 2 atom stereocenters. The minimum absolute atomic E-state index is 0. The van der Waals surface area contributed by atoms with Gasteiger partial charge in [0.05, 0.1) is 0 Å². The first-order valence-corrected chi connectivity index (χ1v) is 8.29. The molecule has 0 N–H and O–H groups in total. The average Bonchev–Trinajstić information content (AvgIpc) is 3.11. The summed E-state index contributed by atoms with van der Waals surface area (Å²) >= 11 is 0. The van der Waals surface area contributed by atoms with Crippen LogP contribution in [0.1, 0.15) is 58.1 Å². The van der Waals surface area contributed by atoms with E-state index in [1.54, 1.807) is 0 Å². The Morgan fingerprint density at radius 2 is 1.13 bits per heavy atom. The Morgan fingerprint density at radius 3 is 1.57 bits per heavy atom. The SMILES string of the molecule is Cc1cccc2c1C=CC2CCC1C=Cc2c(C)cccc21.[LiH]. The first kappa shape index (κ1) is 16.4. The second-order valence-electron chi connectivity index (χ2n) is 6.66. The Kier molecular flexibility index (Phi) is 4.67. The fourth-order valence-corrected chi connectivity index (χ4v) is 4.00. The standard InChI is InChI=1S/C22H22.Li.H/c1-15-5-3-7-21-17(11-13-19(15)21)9-10-18-12-14-20-16(2)6-4-8-22(18)20;;/h3-8,11-14,17-18H,9-10H2,1-2H3;;. The van der Waals surface area contributed by atoms with Crippen LogP contribution >= 0.6 is 0 Å². The fraction of sp³-hybridized carbons (Fsp3) is 0.273. The molecule has 2 aliphatic carbocycles. The summed E-state index contributed by atoms with van der Waals surface area (Å²) in [5.74, 6) is 1.19. The zero-order valence-electron chi connectivity index (χ0n) is 13.3. The van der Waals surface area contributed by atoms with E-state index in [2.05, 4.69) is 74.5 Å². The summed E-state index contributed by atoms with van der Waals surface area (Å²) in [5, 5.41) is 0. The third-order valence-corrected chi connectivity index (χ3v) is 5.29. The predicted molar refractivity (Wildman–Crippen MR) is 102 cm³/mol. The molecule has 0 aliphatic heterocycles. The molecule has 0 saturated heterocycles. The first-order valence-electron chi connectivity index (χ1n) is 8.29. The normalized spacial score (nSPS) is 20.3. The molecule has 0 aromatic heterocycles. The summed E-state index contributed by atoms with van der Waals surface area (Å²) < 4.78 is 0. The first-order chi connectivity index (χ1) is 10.7. The predicted octanol–water partition coefficient (Wildman–Crippen LogP) is 5.36. The number of fused-ring (bicyclic) bond motifs is 2. The molecule has 0 bridgehead atoms. The maximum absolute atomic E-state index is 2.40. The summed E-state index contributed by atoms with van der Waals surface area (Å²) in [6, 6.07) is 13.4. The van der Waals surface area contributed by atoms with Gasteiger partial charge in [-0.25, -0.2) is 0 Å². The van der Waals surface area contributed by atoms with Gasteiger partial charge in [0.2, 0.25) is 0 Å². The number of aryl methyl sites for hydroxylation is 2. The van der Waals surface area contributed by atoms with Crippen molar-refractivity contribution in [1.29, 1.82) is 0 Å². The molecule has 0 spiro atoms. The Hall–Kier alpha value is -1.48. The average molecular weight is 294 g/mol. The summed E-state index contributed by atoms with van der Waals surface area (Å²) in [4.78, 5) is 0. The number of allylic oxidation sites excluding steroid dienone is 2. The molecular formula is C22H23Li. The van der Waals surface area contributed by atoms with Crippen LogP contribution in [0.4, 0.5) is 0 Å². The van der Waals surface area contributed by atoms with Crippen molar-refractivity contribution in [2.45, 2.75) is 38.5 Å². The molecule has 23 heavy (non-hydrogen) atoms. The third-order valence-electron chi connectivity index (χ3n) is 5.29. The van der Waals surface area contributed by atoms with Gasteiger partial charge >= 0.3 is 18.9 Å². The molecule has 0 nitrogen and oxygen atoms in total. The van der Waals surface area contributed by atoms with Gasteiger partial charge in [0.25, 0.3) is 0 Å². The topological polar surface area (TPSA) is 0 Å². The van der Waals surface area contributed by atoms with Crippen LogP contribution in [0.15, 0.2) is 48.6 Å². The molecule has 2 unspecified atom stereocenters. The van der Waals surface area contributed by atoms with E-state index in [-0.39, 0.29) is 18.9 Å². The van der Waals surface area contributed by atoms with E-state index in [0.29, 0.717) is 11.8 Å². The molecule has 0 fully saturated rings. The van der Waals surface area contributed by atoms with Crippen LogP contribution in [-0.4, -0.2) is 18.9 Å². The fourth-order valence-electron chi connectivity index (χ4n) is 4.00. The van der Waals surface area contributed by atoms with E-state index in [9.17, 15) is 0 Å². The minimum atomic E-state index is 0. The van der Waals surface area contributed by atoms with Crippen LogP contribution in [-0.2, 0) is 0 Å². The molecule has 4 rings (SSSR count). The van der Waals surface area contributed by atoms with Gasteiger partial charge in [-0.15, -0.1) is 0 Å². The van der Waals surface area contributed by atoms with Gasteiger partial charge in [-0.05, 0) is 60.1 Å². The quantitative estimate of drug-likeness (QED) is 0.669. The third kappa shape index (κ3) is 2.87. The Balaban J connectivity index is 0.00000156. The zero-order chi connectivity index (χ0) is 15.1. The van der Waals surface area contributed by atoms with Crippen molar-refractivity contribution in [3.63, 3.8) is 0 Å². The van der Waals surface area contributed by atoms with Crippen LogP contribution in [0.2, 0.25) is 0 Å². The van der Waals surface area contributed by atoms with Gasteiger partial charge in [-0.3, -0.25) is 0 Å². The van der Waals surface area contributed by atoms with Gasteiger partial charge in [-0.1, -0.05) is 60.7 Å². The van der Waals surface area contributed by atoms with E-state index < -0.39 is 0 Å². The zero-order valence-corrected chi connectivity index (χ0v) is 13.3. The molecule has 2 aliphatic rings. The van der Waals surface area contributed by atoms with E-state index in [4.69, 9.17) is 0 Å². The second-order valence-corrected chi connectivity index (χ2v) is 6.66. The van der Waals surface area contributed by atoms with Gasteiger partial charge in [0.1, 0.15) is 0 Å². The van der Waals surface area contributed by atoms with E-state index in [0.717, 1.165) is 0 Å². The van der Waals surface area contributed by atoms with Crippen LogP contribution < -0.4 is 0 Å². The molecule has 2 aromatic rings. The van der Waals surface area contributed by atoms with Crippen molar-refractivity contribution in [2.75, 3.05) is 0 Å². The van der Waals surface area contributed by atoms with Crippen molar-refractivity contribution in [3.8, 4) is 0 Å². The molecule has 0 radical (unpaired) electrons. The summed E-state index contributed by atoms with van der Waals surface area (Å²) in [5.41, 5.74) is 8.74. The molecule has 2 aromatic carbocycles.